The summed E-state index contributed by atoms with van der Waals surface area (Å²) in [4.78, 5) is 29.6. The van der Waals surface area contributed by atoms with Gasteiger partial charge in [-0.3, -0.25) is 14.9 Å². The molecule has 35 heavy (non-hydrogen) atoms. The molecule has 0 saturated carbocycles. The Hall–Kier alpha value is -4.39. The molecule has 0 fully saturated rings. The standard InChI is InChI=1S/C28H23N3O4/c32-26(11-8-18-4-3-5-21(16-18)31(33)34)30-14-12-23-22-6-1-2-7-24(22)29-27(23)28(30)20-9-10-25-19(17-20)13-15-35-25/h1-11,16-17,28-29H,12-15H2/b11-8+. The van der Waals surface area contributed by atoms with E-state index in [1.54, 1.807) is 18.2 Å². The first-order valence-corrected chi connectivity index (χ1v) is 11.7. The summed E-state index contributed by atoms with van der Waals surface area (Å²) < 4.78 is 5.70. The first-order valence-electron chi connectivity index (χ1n) is 11.7. The van der Waals surface area contributed by atoms with E-state index in [2.05, 4.69) is 23.2 Å². The zero-order chi connectivity index (χ0) is 23.9. The van der Waals surface area contributed by atoms with Crippen LogP contribution in [0.25, 0.3) is 17.0 Å². The predicted molar refractivity (Wildman–Crippen MR) is 133 cm³/mol. The third-order valence-corrected chi connectivity index (χ3v) is 6.85. The molecule has 4 aromatic rings. The Morgan fingerprint density at radius 3 is 2.86 bits per heavy atom. The van der Waals surface area contributed by atoms with Crippen LogP contribution in [0.2, 0.25) is 0 Å². The number of carbonyl (C=O) groups excluding carboxylic acids is 1. The van der Waals surface area contributed by atoms with Gasteiger partial charge < -0.3 is 14.6 Å². The molecule has 7 heteroatoms. The highest BCUT2D eigenvalue weighted by molar-refractivity contribution is 5.93. The van der Waals surface area contributed by atoms with Gasteiger partial charge in [-0.15, -0.1) is 0 Å². The molecule has 174 valence electrons. The van der Waals surface area contributed by atoms with E-state index < -0.39 is 4.92 Å². The van der Waals surface area contributed by atoms with Crippen LogP contribution in [0.1, 0.15) is 34.0 Å². The number of benzene rings is 3. The van der Waals surface area contributed by atoms with Crippen LogP contribution in [0, 0.1) is 10.1 Å². The van der Waals surface area contributed by atoms with Crippen LogP contribution in [-0.2, 0) is 17.6 Å². The molecule has 0 radical (unpaired) electrons. The fourth-order valence-corrected chi connectivity index (χ4v) is 5.21. The number of H-pyrrole nitrogens is 1. The number of aromatic amines is 1. The zero-order valence-corrected chi connectivity index (χ0v) is 18.9. The van der Waals surface area contributed by atoms with Gasteiger partial charge in [-0.1, -0.05) is 36.4 Å². The third-order valence-electron chi connectivity index (χ3n) is 6.85. The molecule has 0 saturated heterocycles. The number of rotatable bonds is 4. The summed E-state index contributed by atoms with van der Waals surface area (Å²) in [6, 6.07) is 20.4. The Labute approximate surface area is 201 Å². The van der Waals surface area contributed by atoms with Crippen molar-refractivity contribution in [2.45, 2.75) is 18.9 Å². The lowest BCUT2D eigenvalue weighted by molar-refractivity contribution is -0.384. The zero-order valence-electron chi connectivity index (χ0n) is 18.9. The number of hydrogen-bond donors (Lipinski definition) is 1. The van der Waals surface area contributed by atoms with Gasteiger partial charge in [0.2, 0.25) is 5.91 Å². The molecule has 1 unspecified atom stereocenters. The summed E-state index contributed by atoms with van der Waals surface area (Å²) in [6.07, 6.45) is 4.76. The molecular formula is C28H23N3O4. The van der Waals surface area contributed by atoms with Crippen LogP contribution in [0.3, 0.4) is 0 Å². The van der Waals surface area contributed by atoms with Gasteiger partial charge in [-0.05, 0) is 52.9 Å². The van der Waals surface area contributed by atoms with E-state index >= 15 is 0 Å². The topological polar surface area (TPSA) is 88.5 Å². The second-order valence-corrected chi connectivity index (χ2v) is 8.90. The number of nitro groups is 1. The van der Waals surface area contributed by atoms with Gasteiger partial charge >= 0.3 is 0 Å². The number of nitrogens with one attached hydrogen (secondary N) is 1. The van der Waals surface area contributed by atoms with Gasteiger partial charge in [0.05, 0.1) is 17.6 Å². The lowest BCUT2D eigenvalue weighted by atomic mass is 9.91. The Kier molecular flexibility index (Phi) is 5.10. The Balaban J connectivity index is 1.40. The molecule has 0 spiro atoms. The average Bonchev–Trinajstić information content (AvgIpc) is 3.50. The average molecular weight is 466 g/mol. The number of carbonyl (C=O) groups is 1. The van der Waals surface area contributed by atoms with Crippen LogP contribution < -0.4 is 4.74 Å². The maximum Gasteiger partial charge on any atom is 0.270 e. The van der Waals surface area contributed by atoms with E-state index in [0.717, 1.165) is 40.9 Å². The summed E-state index contributed by atoms with van der Waals surface area (Å²) in [6.45, 7) is 1.25. The smallest absolute Gasteiger partial charge is 0.270 e. The summed E-state index contributed by atoms with van der Waals surface area (Å²) in [5, 5.41) is 12.3. The van der Waals surface area contributed by atoms with Crippen molar-refractivity contribution < 1.29 is 14.5 Å². The molecular weight excluding hydrogens is 442 g/mol. The summed E-state index contributed by atoms with van der Waals surface area (Å²) in [7, 11) is 0. The molecule has 0 bridgehead atoms. The van der Waals surface area contributed by atoms with Crippen molar-refractivity contribution in [3.05, 3.63) is 111 Å². The quantitative estimate of drug-likeness (QED) is 0.255. The molecule has 3 heterocycles. The van der Waals surface area contributed by atoms with E-state index in [1.807, 2.05) is 29.2 Å². The predicted octanol–water partition coefficient (Wildman–Crippen LogP) is 5.20. The summed E-state index contributed by atoms with van der Waals surface area (Å²) in [5.74, 6) is 0.771. The molecule has 1 atom stereocenters. The largest absolute Gasteiger partial charge is 0.493 e. The Morgan fingerprint density at radius 1 is 1.09 bits per heavy atom. The molecule has 1 aromatic heterocycles. The van der Waals surface area contributed by atoms with Crippen LogP contribution in [0.4, 0.5) is 5.69 Å². The van der Waals surface area contributed by atoms with Crippen LogP contribution >= 0.6 is 0 Å². The third kappa shape index (κ3) is 3.75. The highest BCUT2D eigenvalue weighted by atomic mass is 16.6. The number of amides is 1. The van der Waals surface area contributed by atoms with Crippen molar-refractivity contribution in [3.8, 4) is 5.75 Å². The van der Waals surface area contributed by atoms with Gasteiger partial charge in [0.15, 0.2) is 0 Å². The lowest BCUT2D eigenvalue weighted by Gasteiger charge is -2.36. The number of non-ortho nitro benzene ring substituents is 1. The van der Waals surface area contributed by atoms with E-state index in [1.165, 1.54) is 29.2 Å². The summed E-state index contributed by atoms with van der Waals surface area (Å²) in [5.41, 5.74) is 6.15. The molecule has 6 rings (SSSR count). The maximum atomic E-state index is 13.5. The number of aromatic nitrogens is 1. The monoisotopic (exact) mass is 465 g/mol. The molecule has 2 aliphatic heterocycles. The van der Waals surface area contributed by atoms with Crippen molar-refractivity contribution in [2.24, 2.45) is 0 Å². The fourth-order valence-electron chi connectivity index (χ4n) is 5.21. The van der Waals surface area contributed by atoms with E-state index in [4.69, 9.17) is 4.74 Å². The minimum atomic E-state index is -0.436. The first-order chi connectivity index (χ1) is 17.1. The van der Waals surface area contributed by atoms with E-state index in [-0.39, 0.29) is 17.6 Å². The van der Waals surface area contributed by atoms with Gasteiger partial charge in [0.25, 0.3) is 5.69 Å². The highest BCUT2D eigenvalue weighted by Crippen LogP contribution is 2.40. The number of nitrogens with zero attached hydrogens (tertiary/aromatic N) is 2. The minimum Gasteiger partial charge on any atom is -0.493 e. The normalized spacial score (nSPS) is 16.8. The molecule has 1 N–H and O–H groups in total. The summed E-state index contributed by atoms with van der Waals surface area (Å²) >= 11 is 0. The van der Waals surface area contributed by atoms with Gasteiger partial charge in [0.1, 0.15) is 5.75 Å². The van der Waals surface area contributed by atoms with Crippen molar-refractivity contribution in [1.82, 2.24) is 9.88 Å². The van der Waals surface area contributed by atoms with Gasteiger partial charge in [-0.25, -0.2) is 0 Å². The number of fused-ring (bicyclic) bond motifs is 4. The molecule has 3 aromatic carbocycles. The molecule has 0 aliphatic carbocycles. The number of ether oxygens (including phenoxy) is 1. The molecule has 2 aliphatic rings. The minimum absolute atomic E-state index is 0.00137. The number of hydrogen-bond acceptors (Lipinski definition) is 4. The Morgan fingerprint density at radius 2 is 1.97 bits per heavy atom. The van der Waals surface area contributed by atoms with E-state index in [0.29, 0.717) is 18.7 Å². The maximum absolute atomic E-state index is 13.5. The van der Waals surface area contributed by atoms with Crippen molar-refractivity contribution in [1.29, 1.82) is 0 Å². The number of nitro benzene ring substituents is 1. The SMILES string of the molecule is O=C(/C=C/c1cccc([N+](=O)[O-])c1)N1CCc2c([nH]c3ccccc23)C1c1ccc2c(c1)CCO2. The molecule has 1 amide bonds. The van der Waals surface area contributed by atoms with E-state index in [9.17, 15) is 14.9 Å². The number of para-hydroxylation sites is 1. The van der Waals surface area contributed by atoms with Crippen molar-refractivity contribution >= 4 is 28.6 Å². The second-order valence-electron chi connectivity index (χ2n) is 8.90. The van der Waals surface area contributed by atoms with Crippen LogP contribution in [-0.4, -0.2) is 33.9 Å². The Bertz CT molecular complexity index is 1500. The second kappa shape index (κ2) is 8.43. The first kappa shape index (κ1) is 21.2. The van der Waals surface area contributed by atoms with Crippen LogP contribution in [0.5, 0.6) is 5.75 Å². The highest BCUT2D eigenvalue weighted by Gasteiger charge is 2.34. The van der Waals surface area contributed by atoms with Gasteiger partial charge in [0, 0.05) is 47.8 Å². The molecule has 7 nitrogen and oxygen atoms in total. The van der Waals surface area contributed by atoms with Crippen LogP contribution in [0.15, 0.2) is 72.8 Å². The lowest BCUT2D eigenvalue weighted by Crippen LogP contribution is -2.39. The van der Waals surface area contributed by atoms with Crippen molar-refractivity contribution in [2.75, 3.05) is 13.2 Å². The van der Waals surface area contributed by atoms with Gasteiger partial charge in [-0.2, -0.15) is 0 Å². The fraction of sp³-hybridized carbons (Fsp3) is 0.179. The van der Waals surface area contributed by atoms with Crippen molar-refractivity contribution in [3.63, 3.8) is 0 Å².